The van der Waals surface area contributed by atoms with Gasteiger partial charge in [0.05, 0.1) is 18.8 Å². The summed E-state index contributed by atoms with van der Waals surface area (Å²) < 4.78 is 5.39. The minimum absolute atomic E-state index is 0.00760. The van der Waals surface area contributed by atoms with E-state index in [1.165, 1.54) is 18.7 Å². The van der Waals surface area contributed by atoms with Crippen molar-refractivity contribution in [3.63, 3.8) is 0 Å². The number of ether oxygens (including phenoxy) is 1. The van der Waals surface area contributed by atoms with E-state index in [0.29, 0.717) is 12.1 Å². The Kier molecular flexibility index (Phi) is 7.93. The van der Waals surface area contributed by atoms with Gasteiger partial charge in [-0.1, -0.05) is 39.0 Å². The van der Waals surface area contributed by atoms with Crippen molar-refractivity contribution >= 4 is 11.8 Å². The van der Waals surface area contributed by atoms with Crippen LogP contribution in [-0.2, 0) is 11.3 Å². The molecule has 8 heteroatoms. The summed E-state index contributed by atoms with van der Waals surface area (Å²) in [5.74, 6) is 0.0758. The van der Waals surface area contributed by atoms with Gasteiger partial charge >= 0.3 is 0 Å². The Morgan fingerprint density at radius 3 is 2.61 bits per heavy atom. The Morgan fingerprint density at radius 2 is 1.89 bits per heavy atom. The van der Waals surface area contributed by atoms with Gasteiger partial charge in [-0.2, -0.15) is 0 Å². The molecule has 1 heterocycles. The predicted octanol–water partition coefficient (Wildman–Crippen LogP) is 3.36. The largest absolute Gasteiger partial charge is 0.496 e. The van der Waals surface area contributed by atoms with Crippen LogP contribution in [0.2, 0.25) is 0 Å². The van der Waals surface area contributed by atoms with Gasteiger partial charge < -0.3 is 20.5 Å². The standard InChI is InChI=1S/C28H38N4O4/c1-17(26(34)31-15-19-7-5-6-8-23(19)36-4)21-9-11-28(3)12-10-22(18(2)24(28)25(21)33)32-27(35)20-13-29-16-30-14-20/h5-8,13-14,16-18,21-22,24-25,33H,9-12,15H2,1-4H3,(H,31,34)(H,32,35). The number of hydrogen-bond donors (Lipinski definition) is 3. The molecule has 36 heavy (non-hydrogen) atoms. The second kappa shape index (κ2) is 10.9. The van der Waals surface area contributed by atoms with Gasteiger partial charge in [0.2, 0.25) is 5.91 Å². The second-order valence-electron chi connectivity index (χ2n) is 10.8. The van der Waals surface area contributed by atoms with E-state index < -0.39 is 6.10 Å². The first kappa shape index (κ1) is 26.1. The average molecular weight is 495 g/mol. The molecule has 2 fully saturated rings. The summed E-state index contributed by atoms with van der Waals surface area (Å²) in [5.41, 5.74) is 1.33. The van der Waals surface area contributed by atoms with Gasteiger partial charge in [0.1, 0.15) is 12.1 Å². The Balaban J connectivity index is 1.42. The number of nitrogens with zero attached hydrogens (tertiary/aromatic N) is 2. The molecule has 7 unspecified atom stereocenters. The molecular formula is C28H38N4O4. The van der Waals surface area contributed by atoms with Crippen LogP contribution < -0.4 is 15.4 Å². The zero-order valence-electron chi connectivity index (χ0n) is 21.6. The van der Waals surface area contributed by atoms with Crippen molar-refractivity contribution in [3.8, 4) is 5.75 Å². The zero-order chi connectivity index (χ0) is 25.9. The maximum absolute atomic E-state index is 13.1. The molecule has 7 atom stereocenters. The molecule has 2 amide bonds. The minimum atomic E-state index is -0.620. The van der Waals surface area contributed by atoms with Crippen LogP contribution in [0.1, 0.15) is 62.4 Å². The molecule has 0 spiro atoms. The summed E-state index contributed by atoms with van der Waals surface area (Å²) in [6.45, 7) is 6.66. The molecule has 1 aromatic heterocycles. The number of para-hydroxylation sites is 1. The minimum Gasteiger partial charge on any atom is -0.496 e. The van der Waals surface area contributed by atoms with Gasteiger partial charge in [0.25, 0.3) is 5.91 Å². The van der Waals surface area contributed by atoms with Crippen molar-refractivity contribution in [2.75, 3.05) is 7.11 Å². The normalized spacial score (nSPS) is 30.5. The summed E-state index contributed by atoms with van der Waals surface area (Å²) in [6, 6.07) is 7.57. The van der Waals surface area contributed by atoms with E-state index in [0.717, 1.165) is 37.0 Å². The van der Waals surface area contributed by atoms with Crippen molar-refractivity contribution < 1.29 is 19.4 Å². The lowest BCUT2D eigenvalue weighted by atomic mass is 9.51. The summed E-state index contributed by atoms with van der Waals surface area (Å²) in [5, 5.41) is 17.8. The molecular weight excluding hydrogens is 456 g/mol. The van der Waals surface area contributed by atoms with E-state index in [-0.39, 0.29) is 46.9 Å². The van der Waals surface area contributed by atoms with Gasteiger partial charge in [-0.15, -0.1) is 0 Å². The molecule has 0 saturated heterocycles. The van der Waals surface area contributed by atoms with Crippen LogP contribution in [0.5, 0.6) is 5.75 Å². The number of methoxy groups -OCH3 is 1. The second-order valence-corrected chi connectivity index (χ2v) is 10.8. The van der Waals surface area contributed by atoms with Crippen LogP contribution in [0.3, 0.4) is 0 Å². The Hall–Kier alpha value is -3.00. The summed E-state index contributed by atoms with van der Waals surface area (Å²) in [4.78, 5) is 33.8. The van der Waals surface area contributed by atoms with E-state index in [9.17, 15) is 14.7 Å². The number of aliphatic hydroxyl groups is 1. The fourth-order valence-corrected chi connectivity index (χ4v) is 6.55. The van der Waals surface area contributed by atoms with Gasteiger partial charge in [-0.25, -0.2) is 9.97 Å². The van der Waals surface area contributed by atoms with Gasteiger partial charge in [0.15, 0.2) is 0 Å². The van der Waals surface area contributed by atoms with Crippen molar-refractivity contribution in [1.82, 2.24) is 20.6 Å². The van der Waals surface area contributed by atoms with Crippen molar-refractivity contribution in [1.29, 1.82) is 0 Å². The first-order valence-corrected chi connectivity index (χ1v) is 12.9. The molecule has 2 aromatic rings. The Morgan fingerprint density at radius 1 is 1.19 bits per heavy atom. The van der Waals surface area contributed by atoms with Crippen LogP contribution in [-0.4, -0.2) is 46.1 Å². The number of fused-ring (bicyclic) bond motifs is 1. The molecule has 8 nitrogen and oxygen atoms in total. The molecule has 2 saturated carbocycles. The number of aliphatic hydroxyl groups excluding tert-OH is 1. The number of rotatable bonds is 7. The fourth-order valence-electron chi connectivity index (χ4n) is 6.55. The SMILES string of the molecule is COc1ccccc1CNC(=O)C(C)C1CCC2(C)CCC(NC(=O)c3cncnc3)C(C)C2C1O. The van der Waals surface area contributed by atoms with E-state index >= 15 is 0 Å². The highest BCUT2D eigenvalue weighted by Gasteiger charge is 2.53. The molecule has 2 aliphatic carbocycles. The molecule has 0 aliphatic heterocycles. The van der Waals surface area contributed by atoms with Crippen LogP contribution in [0, 0.1) is 29.1 Å². The number of carbonyl (C=O) groups excluding carboxylic acids is 2. The van der Waals surface area contributed by atoms with Gasteiger partial charge in [-0.3, -0.25) is 9.59 Å². The van der Waals surface area contributed by atoms with Crippen molar-refractivity contribution in [3.05, 3.63) is 54.1 Å². The molecule has 1 aromatic carbocycles. The van der Waals surface area contributed by atoms with Crippen LogP contribution in [0.4, 0.5) is 0 Å². The Labute approximate surface area is 213 Å². The smallest absolute Gasteiger partial charge is 0.254 e. The first-order valence-electron chi connectivity index (χ1n) is 12.9. The quantitative estimate of drug-likeness (QED) is 0.544. The van der Waals surface area contributed by atoms with Crippen molar-refractivity contribution in [2.24, 2.45) is 29.1 Å². The highest BCUT2D eigenvalue weighted by atomic mass is 16.5. The van der Waals surface area contributed by atoms with E-state index in [2.05, 4.69) is 34.4 Å². The maximum atomic E-state index is 13.1. The topological polar surface area (TPSA) is 113 Å². The van der Waals surface area contributed by atoms with Crippen molar-refractivity contribution in [2.45, 2.75) is 65.1 Å². The monoisotopic (exact) mass is 494 g/mol. The third kappa shape index (κ3) is 5.24. The number of nitrogens with one attached hydrogen (secondary N) is 2. The zero-order valence-corrected chi connectivity index (χ0v) is 21.6. The average Bonchev–Trinajstić information content (AvgIpc) is 2.89. The summed E-state index contributed by atoms with van der Waals surface area (Å²) in [6.07, 6.45) is 7.36. The Bertz CT molecular complexity index is 1060. The van der Waals surface area contributed by atoms with Crippen LogP contribution >= 0.6 is 0 Å². The van der Waals surface area contributed by atoms with Crippen LogP contribution in [0.15, 0.2) is 43.0 Å². The molecule has 0 radical (unpaired) electrons. The number of amides is 2. The van der Waals surface area contributed by atoms with E-state index in [4.69, 9.17) is 4.74 Å². The molecule has 194 valence electrons. The van der Waals surface area contributed by atoms with E-state index in [1.807, 2.05) is 31.2 Å². The third-order valence-corrected chi connectivity index (χ3v) is 8.73. The molecule has 2 aliphatic rings. The fraction of sp³-hybridized carbons (Fsp3) is 0.571. The lowest BCUT2D eigenvalue weighted by Crippen LogP contribution is -2.58. The lowest BCUT2D eigenvalue weighted by Gasteiger charge is -2.56. The highest BCUT2D eigenvalue weighted by Crippen LogP contribution is 2.55. The van der Waals surface area contributed by atoms with Gasteiger partial charge in [-0.05, 0) is 54.9 Å². The van der Waals surface area contributed by atoms with E-state index in [1.54, 1.807) is 7.11 Å². The summed E-state index contributed by atoms with van der Waals surface area (Å²) >= 11 is 0. The summed E-state index contributed by atoms with van der Waals surface area (Å²) in [7, 11) is 1.62. The maximum Gasteiger partial charge on any atom is 0.254 e. The van der Waals surface area contributed by atoms with Gasteiger partial charge in [0, 0.05) is 36.5 Å². The number of benzene rings is 1. The first-order chi connectivity index (χ1) is 17.2. The number of carbonyl (C=O) groups is 2. The molecule has 0 bridgehead atoms. The number of aromatic nitrogens is 2. The molecule has 4 rings (SSSR count). The van der Waals surface area contributed by atoms with Crippen LogP contribution in [0.25, 0.3) is 0 Å². The predicted molar refractivity (Wildman–Crippen MR) is 136 cm³/mol. The molecule has 3 N–H and O–H groups in total. The highest BCUT2D eigenvalue weighted by molar-refractivity contribution is 5.93. The number of hydrogen-bond acceptors (Lipinski definition) is 6. The lowest BCUT2D eigenvalue weighted by molar-refractivity contribution is -0.142. The third-order valence-electron chi connectivity index (χ3n) is 8.73.